The average molecular weight is 443 g/mol. The summed E-state index contributed by atoms with van der Waals surface area (Å²) in [5.74, 6) is 0.746. The summed E-state index contributed by atoms with van der Waals surface area (Å²) in [4.78, 5) is 2.41. The lowest BCUT2D eigenvalue weighted by atomic mass is 10.1. The zero-order valence-electron chi connectivity index (χ0n) is 16.9. The van der Waals surface area contributed by atoms with Crippen LogP contribution in [-0.4, -0.2) is 49.1 Å². The molecular formula is C22H23ClN4O2S. The number of hydrogen-bond acceptors (Lipinski definition) is 5. The molecule has 0 amide bonds. The van der Waals surface area contributed by atoms with Gasteiger partial charge in [-0.1, -0.05) is 29.8 Å². The van der Waals surface area contributed by atoms with Crippen molar-refractivity contribution in [1.82, 2.24) is 14.5 Å². The highest BCUT2D eigenvalue weighted by molar-refractivity contribution is 7.89. The van der Waals surface area contributed by atoms with Crippen molar-refractivity contribution in [2.75, 3.05) is 31.1 Å². The van der Waals surface area contributed by atoms with Crippen LogP contribution in [0.3, 0.4) is 0 Å². The van der Waals surface area contributed by atoms with Crippen LogP contribution in [0.4, 0.5) is 5.82 Å². The lowest BCUT2D eigenvalue weighted by Crippen LogP contribution is -2.49. The Balaban J connectivity index is 1.44. The molecule has 1 aliphatic heterocycles. The van der Waals surface area contributed by atoms with Gasteiger partial charge in [0, 0.05) is 36.8 Å². The number of benzene rings is 2. The Labute approximate surface area is 182 Å². The van der Waals surface area contributed by atoms with Crippen molar-refractivity contribution in [2.24, 2.45) is 0 Å². The number of halogens is 1. The molecule has 4 rings (SSSR count). The molecule has 0 N–H and O–H groups in total. The lowest BCUT2D eigenvalue weighted by Gasteiger charge is -2.34. The highest BCUT2D eigenvalue weighted by Crippen LogP contribution is 2.23. The third-order valence-electron chi connectivity index (χ3n) is 5.47. The predicted octanol–water partition coefficient (Wildman–Crippen LogP) is 3.92. The second kappa shape index (κ2) is 8.34. The zero-order chi connectivity index (χ0) is 21.3. The molecule has 30 heavy (non-hydrogen) atoms. The molecule has 0 atom stereocenters. The average Bonchev–Trinajstić information content (AvgIpc) is 2.76. The number of hydrogen-bond donors (Lipinski definition) is 0. The van der Waals surface area contributed by atoms with Gasteiger partial charge in [-0.3, -0.25) is 0 Å². The van der Waals surface area contributed by atoms with Gasteiger partial charge in [0.05, 0.1) is 10.6 Å². The van der Waals surface area contributed by atoms with E-state index in [0.29, 0.717) is 36.1 Å². The van der Waals surface area contributed by atoms with Gasteiger partial charge in [0.1, 0.15) is 0 Å². The molecule has 2 heterocycles. The van der Waals surface area contributed by atoms with Crippen LogP contribution in [0.2, 0.25) is 5.02 Å². The SMILES string of the molecule is Cc1ccc(S(=O)(=O)N2CCN(c3ccc(-c4ccc(Cl)cc4)nn3)CC2)cc1C. The molecule has 3 aromatic rings. The lowest BCUT2D eigenvalue weighted by molar-refractivity contribution is 0.383. The third-order valence-corrected chi connectivity index (χ3v) is 7.62. The minimum atomic E-state index is -3.49. The Bertz CT molecular complexity index is 1140. The maximum Gasteiger partial charge on any atom is 0.243 e. The van der Waals surface area contributed by atoms with Crippen LogP contribution >= 0.6 is 11.6 Å². The van der Waals surface area contributed by atoms with E-state index in [1.165, 1.54) is 0 Å². The van der Waals surface area contributed by atoms with Crippen LogP contribution in [0, 0.1) is 13.8 Å². The van der Waals surface area contributed by atoms with Gasteiger partial charge in [-0.15, -0.1) is 10.2 Å². The molecule has 0 unspecified atom stereocenters. The van der Waals surface area contributed by atoms with Gasteiger partial charge in [-0.05, 0) is 61.4 Å². The quantitative estimate of drug-likeness (QED) is 0.612. The standard InChI is InChI=1S/C22H23ClN4O2S/c1-16-3-8-20(15-17(16)2)30(28,29)27-13-11-26(12-14-27)22-10-9-21(24-25-22)18-4-6-19(23)7-5-18/h3-10,15H,11-14H2,1-2H3. The Morgan fingerprint density at radius 3 is 2.13 bits per heavy atom. The third kappa shape index (κ3) is 4.19. The van der Waals surface area contributed by atoms with Crippen LogP contribution in [0.15, 0.2) is 59.5 Å². The smallest absolute Gasteiger partial charge is 0.243 e. The van der Waals surface area contributed by atoms with E-state index in [9.17, 15) is 8.42 Å². The van der Waals surface area contributed by atoms with Crippen LogP contribution in [-0.2, 0) is 10.0 Å². The molecule has 0 bridgehead atoms. The number of piperazine rings is 1. The molecule has 1 aromatic heterocycles. The molecule has 2 aromatic carbocycles. The molecule has 8 heteroatoms. The fourth-order valence-electron chi connectivity index (χ4n) is 3.45. The molecule has 0 spiro atoms. The molecule has 1 aliphatic rings. The first kappa shape index (κ1) is 20.8. The van der Waals surface area contributed by atoms with Crippen molar-refractivity contribution in [3.63, 3.8) is 0 Å². The monoisotopic (exact) mass is 442 g/mol. The van der Waals surface area contributed by atoms with Crippen molar-refractivity contribution >= 4 is 27.4 Å². The largest absolute Gasteiger partial charge is 0.352 e. The minimum Gasteiger partial charge on any atom is -0.352 e. The summed E-state index contributed by atoms with van der Waals surface area (Å²) in [6.07, 6.45) is 0. The van der Waals surface area contributed by atoms with E-state index in [2.05, 4.69) is 15.1 Å². The number of nitrogens with zero attached hydrogens (tertiary/aromatic N) is 4. The van der Waals surface area contributed by atoms with Gasteiger partial charge < -0.3 is 4.90 Å². The van der Waals surface area contributed by atoms with E-state index < -0.39 is 10.0 Å². The van der Waals surface area contributed by atoms with E-state index in [0.717, 1.165) is 28.2 Å². The Kier molecular flexibility index (Phi) is 5.77. The van der Waals surface area contributed by atoms with E-state index in [1.807, 2.05) is 56.3 Å². The predicted molar refractivity (Wildman–Crippen MR) is 119 cm³/mol. The molecule has 0 saturated carbocycles. The summed E-state index contributed by atoms with van der Waals surface area (Å²) in [6.45, 7) is 5.87. The highest BCUT2D eigenvalue weighted by atomic mass is 35.5. The van der Waals surface area contributed by atoms with E-state index in [1.54, 1.807) is 16.4 Å². The van der Waals surface area contributed by atoms with Crippen molar-refractivity contribution in [3.8, 4) is 11.3 Å². The van der Waals surface area contributed by atoms with Gasteiger partial charge in [-0.25, -0.2) is 8.42 Å². The summed E-state index contributed by atoms with van der Waals surface area (Å²) in [5.41, 5.74) is 3.78. The Morgan fingerprint density at radius 1 is 0.833 bits per heavy atom. The number of rotatable bonds is 4. The minimum absolute atomic E-state index is 0.353. The number of sulfonamides is 1. The van der Waals surface area contributed by atoms with Crippen molar-refractivity contribution in [2.45, 2.75) is 18.7 Å². The summed E-state index contributed by atoms with van der Waals surface area (Å²) in [7, 11) is -3.49. The molecule has 1 fully saturated rings. The second-order valence-electron chi connectivity index (χ2n) is 7.42. The Morgan fingerprint density at radius 2 is 1.53 bits per heavy atom. The molecule has 0 aliphatic carbocycles. The molecule has 156 valence electrons. The van der Waals surface area contributed by atoms with Gasteiger partial charge in [0.15, 0.2) is 5.82 Å². The van der Waals surface area contributed by atoms with Crippen LogP contribution in [0.5, 0.6) is 0 Å². The van der Waals surface area contributed by atoms with Crippen molar-refractivity contribution in [3.05, 3.63) is 70.7 Å². The first-order valence-corrected chi connectivity index (χ1v) is 11.6. The van der Waals surface area contributed by atoms with Gasteiger partial charge in [-0.2, -0.15) is 4.31 Å². The van der Waals surface area contributed by atoms with Crippen LogP contribution in [0.25, 0.3) is 11.3 Å². The second-order valence-corrected chi connectivity index (χ2v) is 9.80. The summed E-state index contributed by atoms with van der Waals surface area (Å²) in [6, 6.07) is 16.6. The van der Waals surface area contributed by atoms with E-state index in [4.69, 9.17) is 11.6 Å². The summed E-state index contributed by atoms with van der Waals surface area (Å²) >= 11 is 5.93. The van der Waals surface area contributed by atoms with Gasteiger partial charge in [0.2, 0.25) is 10.0 Å². The summed E-state index contributed by atoms with van der Waals surface area (Å²) < 4.78 is 27.5. The topological polar surface area (TPSA) is 66.4 Å². The van der Waals surface area contributed by atoms with E-state index in [-0.39, 0.29) is 0 Å². The maximum atomic E-state index is 13.0. The Hall–Kier alpha value is -2.48. The van der Waals surface area contributed by atoms with Gasteiger partial charge in [0.25, 0.3) is 0 Å². The van der Waals surface area contributed by atoms with Gasteiger partial charge >= 0.3 is 0 Å². The van der Waals surface area contributed by atoms with Crippen molar-refractivity contribution < 1.29 is 8.42 Å². The first-order chi connectivity index (χ1) is 14.3. The molecule has 1 saturated heterocycles. The van der Waals surface area contributed by atoms with E-state index >= 15 is 0 Å². The molecule has 0 radical (unpaired) electrons. The number of anilines is 1. The highest BCUT2D eigenvalue weighted by Gasteiger charge is 2.29. The fraction of sp³-hybridized carbons (Fsp3) is 0.273. The summed E-state index contributed by atoms with van der Waals surface area (Å²) in [5, 5.41) is 9.34. The zero-order valence-corrected chi connectivity index (χ0v) is 18.5. The molecular weight excluding hydrogens is 420 g/mol. The van der Waals surface area contributed by atoms with Crippen LogP contribution < -0.4 is 4.90 Å². The first-order valence-electron chi connectivity index (χ1n) is 9.76. The number of aromatic nitrogens is 2. The van der Waals surface area contributed by atoms with Crippen LogP contribution in [0.1, 0.15) is 11.1 Å². The maximum absolute atomic E-state index is 13.0. The fourth-order valence-corrected chi connectivity index (χ4v) is 5.08. The van der Waals surface area contributed by atoms with Crippen molar-refractivity contribution in [1.29, 1.82) is 0 Å². The number of aryl methyl sites for hydroxylation is 2. The molecule has 6 nitrogen and oxygen atoms in total. The normalized spacial score (nSPS) is 15.4.